The van der Waals surface area contributed by atoms with E-state index < -0.39 is 0 Å². The lowest BCUT2D eigenvalue weighted by molar-refractivity contribution is 0.312. The molecule has 0 heteroatoms. The van der Waals surface area contributed by atoms with E-state index in [-0.39, 0.29) is 0 Å². The summed E-state index contributed by atoms with van der Waals surface area (Å²) < 4.78 is 0. The third-order valence-corrected chi connectivity index (χ3v) is 3.56. The van der Waals surface area contributed by atoms with Crippen LogP contribution < -0.4 is 0 Å². The summed E-state index contributed by atoms with van der Waals surface area (Å²) in [6, 6.07) is 0. The molecule has 0 aromatic rings. The van der Waals surface area contributed by atoms with Crippen molar-refractivity contribution >= 4 is 0 Å². The quantitative estimate of drug-likeness (QED) is 0.503. The van der Waals surface area contributed by atoms with Gasteiger partial charge in [-0.3, -0.25) is 0 Å². The summed E-state index contributed by atoms with van der Waals surface area (Å²) in [4.78, 5) is 0. The molecule has 3 unspecified atom stereocenters. The molecule has 2 aliphatic carbocycles. The minimum atomic E-state index is 0.583. The van der Waals surface area contributed by atoms with Crippen molar-refractivity contribution in [2.45, 2.75) is 33.6 Å². The molecule has 1 fully saturated rings. The van der Waals surface area contributed by atoms with E-state index in [1.807, 2.05) is 0 Å². The molecule has 0 aromatic heterocycles. The molecule has 0 spiro atoms. The number of fused-ring (bicyclic) bond motifs is 2. The minimum Gasteiger partial charge on any atom is -0.0846 e. The van der Waals surface area contributed by atoms with E-state index in [4.69, 9.17) is 0 Å². The van der Waals surface area contributed by atoms with E-state index >= 15 is 0 Å². The van der Waals surface area contributed by atoms with E-state index in [0.29, 0.717) is 5.41 Å². The molecule has 0 aromatic carbocycles. The normalized spacial score (nSPS) is 47.6. The highest BCUT2D eigenvalue weighted by Gasteiger charge is 2.44. The minimum absolute atomic E-state index is 0.583. The fraction of sp³-hybridized carbons (Fsp3) is 0.818. The van der Waals surface area contributed by atoms with E-state index in [1.165, 1.54) is 12.8 Å². The summed E-state index contributed by atoms with van der Waals surface area (Å²) >= 11 is 0. The van der Waals surface area contributed by atoms with Gasteiger partial charge in [-0.1, -0.05) is 32.9 Å². The molecular formula is C11H18. The molecule has 0 saturated heterocycles. The van der Waals surface area contributed by atoms with Crippen LogP contribution in [0.2, 0.25) is 0 Å². The maximum Gasteiger partial charge on any atom is -0.0138 e. The summed E-state index contributed by atoms with van der Waals surface area (Å²) in [5, 5.41) is 0. The van der Waals surface area contributed by atoms with Crippen LogP contribution in [-0.2, 0) is 0 Å². The lowest BCUT2D eigenvalue weighted by Gasteiger charge is -2.24. The van der Waals surface area contributed by atoms with Gasteiger partial charge in [-0.05, 0) is 36.0 Å². The predicted molar refractivity (Wildman–Crippen MR) is 48.3 cm³/mol. The Balaban J connectivity index is 2.17. The molecule has 62 valence electrons. The number of allylic oxidation sites excluding steroid dienone is 2. The van der Waals surface area contributed by atoms with Crippen molar-refractivity contribution < 1.29 is 0 Å². The van der Waals surface area contributed by atoms with Crippen molar-refractivity contribution in [1.82, 2.24) is 0 Å². The molecule has 2 rings (SSSR count). The van der Waals surface area contributed by atoms with Gasteiger partial charge in [0.25, 0.3) is 0 Å². The zero-order valence-electron chi connectivity index (χ0n) is 7.80. The molecule has 0 amide bonds. The maximum atomic E-state index is 2.45. The van der Waals surface area contributed by atoms with E-state index in [2.05, 4.69) is 32.9 Å². The fourth-order valence-electron chi connectivity index (χ4n) is 2.90. The summed E-state index contributed by atoms with van der Waals surface area (Å²) in [6.07, 6.45) is 7.76. The Kier molecular flexibility index (Phi) is 1.42. The Hall–Kier alpha value is -0.260. The summed E-state index contributed by atoms with van der Waals surface area (Å²) in [5.74, 6) is 2.77. The van der Waals surface area contributed by atoms with Crippen molar-refractivity contribution in [2.75, 3.05) is 0 Å². The van der Waals surface area contributed by atoms with E-state index in [0.717, 1.165) is 17.8 Å². The number of rotatable bonds is 1. The third kappa shape index (κ3) is 1.04. The van der Waals surface area contributed by atoms with Gasteiger partial charge in [0.05, 0.1) is 0 Å². The van der Waals surface area contributed by atoms with Crippen LogP contribution in [0.5, 0.6) is 0 Å². The molecule has 0 nitrogen and oxygen atoms in total. The van der Waals surface area contributed by atoms with E-state index in [1.54, 1.807) is 0 Å². The Labute approximate surface area is 69.7 Å². The number of hydrogen-bond donors (Lipinski definition) is 0. The van der Waals surface area contributed by atoms with Crippen LogP contribution >= 0.6 is 0 Å². The zero-order chi connectivity index (χ0) is 8.06. The summed E-state index contributed by atoms with van der Waals surface area (Å²) in [7, 11) is 0. The molecular weight excluding hydrogens is 132 g/mol. The smallest absolute Gasteiger partial charge is 0.0138 e. The van der Waals surface area contributed by atoms with Gasteiger partial charge in [-0.25, -0.2) is 0 Å². The van der Waals surface area contributed by atoms with Gasteiger partial charge < -0.3 is 0 Å². The summed E-state index contributed by atoms with van der Waals surface area (Å²) in [6.45, 7) is 7.14. The largest absolute Gasteiger partial charge is 0.0846 e. The Bertz CT molecular complexity index is 190. The molecule has 0 heterocycles. The Morgan fingerprint density at radius 1 is 1.36 bits per heavy atom. The van der Waals surface area contributed by atoms with Crippen molar-refractivity contribution in [3.8, 4) is 0 Å². The molecule has 0 aliphatic heterocycles. The van der Waals surface area contributed by atoms with Crippen molar-refractivity contribution in [1.29, 1.82) is 0 Å². The van der Waals surface area contributed by atoms with Crippen LogP contribution in [0.25, 0.3) is 0 Å². The first-order chi connectivity index (χ1) is 5.11. The molecule has 2 bridgehead atoms. The standard InChI is InChI=1S/C11H18/c1-8(2)10-7-11(3)5-4-9(10)6-11/h4-5,8-10H,6-7H2,1-3H3. The molecule has 0 radical (unpaired) electrons. The predicted octanol–water partition coefficient (Wildman–Crippen LogP) is 3.24. The fourth-order valence-corrected chi connectivity index (χ4v) is 2.90. The highest BCUT2D eigenvalue weighted by molar-refractivity contribution is 5.16. The summed E-state index contributed by atoms with van der Waals surface area (Å²) in [5.41, 5.74) is 0.583. The SMILES string of the molecule is CC(C)C1CC2(C)C=CC1C2. The van der Waals surface area contributed by atoms with Crippen molar-refractivity contribution in [3.63, 3.8) is 0 Å². The highest BCUT2D eigenvalue weighted by atomic mass is 14.5. The van der Waals surface area contributed by atoms with Gasteiger partial charge in [0.15, 0.2) is 0 Å². The zero-order valence-corrected chi connectivity index (χ0v) is 7.80. The average molecular weight is 150 g/mol. The second-order valence-corrected chi connectivity index (χ2v) is 4.99. The lowest BCUT2D eigenvalue weighted by atomic mass is 9.81. The van der Waals surface area contributed by atoms with Crippen molar-refractivity contribution in [2.24, 2.45) is 23.2 Å². The molecule has 3 atom stereocenters. The van der Waals surface area contributed by atoms with Gasteiger partial charge in [-0.15, -0.1) is 0 Å². The van der Waals surface area contributed by atoms with Gasteiger partial charge >= 0.3 is 0 Å². The first-order valence-electron chi connectivity index (χ1n) is 4.80. The van der Waals surface area contributed by atoms with Crippen LogP contribution in [0, 0.1) is 23.2 Å². The second-order valence-electron chi connectivity index (χ2n) is 4.99. The van der Waals surface area contributed by atoms with Gasteiger partial charge in [-0.2, -0.15) is 0 Å². The van der Waals surface area contributed by atoms with Crippen molar-refractivity contribution in [3.05, 3.63) is 12.2 Å². The van der Waals surface area contributed by atoms with Crippen LogP contribution in [0.15, 0.2) is 12.2 Å². The molecule has 2 aliphatic rings. The third-order valence-electron chi connectivity index (χ3n) is 3.56. The Morgan fingerprint density at radius 3 is 2.36 bits per heavy atom. The van der Waals surface area contributed by atoms with Crippen LogP contribution in [0.1, 0.15) is 33.6 Å². The van der Waals surface area contributed by atoms with Gasteiger partial charge in [0.1, 0.15) is 0 Å². The number of hydrogen-bond acceptors (Lipinski definition) is 0. The first-order valence-corrected chi connectivity index (χ1v) is 4.80. The first kappa shape index (κ1) is 7.39. The van der Waals surface area contributed by atoms with Crippen LogP contribution in [-0.4, -0.2) is 0 Å². The topological polar surface area (TPSA) is 0 Å². The molecule has 11 heavy (non-hydrogen) atoms. The average Bonchev–Trinajstić information content (AvgIpc) is 2.41. The second kappa shape index (κ2) is 2.12. The van der Waals surface area contributed by atoms with Crippen LogP contribution in [0.3, 0.4) is 0 Å². The molecule has 0 N–H and O–H groups in total. The van der Waals surface area contributed by atoms with E-state index in [9.17, 15) is 0 Å². The highest BCUT2D eigenvalue weighted by Crippen LogP contribution is 2.54. The monoisotopic (exact) mass is 150 g/mol. The lowest BCUT2D eigenvalue weighted by Crippen LogP contribution is -2.15. The van der Waals surface area contributed by atoms with Gasteiger partial charge in [0, 0.05) is 0 Å². The van der Waals surface area contributed by atoms with Gasteiger partial charge in [0.2, 0.25) is 0 Å². The Morgan fingerprint density at radius 2 is 2.09 bits per heavy atom. The maximum absolute atomic E-state index is 2.45. The van der Waals surface area contributed by atoms with Crippen LogP contribution in [0.4, 0.5) is 0 Å². The molecule has 1 saturated carbocycles.